The van der Waals surface area contributed by atoms with Crippen LogP contribution in [-0.4, -0.2) is 0 Å². The van der Waals surface area contributed by atoms with Gasteiger partial charge in [-0.15, -0.1) is 0 Å². The van der Waals surface area contributed by atoms with Crippen molar-refractivity contribution in [2.75, 3.05) is 0 Å². The van der Waals surface area contributed by atoms with Gasteiger partial charge < -0.3 is 0 Å². The largest absolute Gasteiger partial charge is 0.0533 e. The zero-order chi connectivity index (χ0) is 45.3. The average molecular weight is 898 g/mol. The van der Waals surface area contributed by atoms with Crippen molar-refractivity contribution in [2.45, 2.75) is 411 Å². The average Bonchev–Trinajstić information content (AvgIpc) is 2.70. The van der Waals surface area contributed by atoms with Gasteiger partial charge in [-0.25, -0.2) is 0 Å². The van der Waals surface area contributed by atoms with Gasteiger partial charge >= 0.3 is 0 Å². The highest BCUT2D eigenvalue weighted by Crippen LogP contribution is 2.21. The molecule has 0 aliphatic heterocycles. The van der Waals surface area contributed by atoms with Gasteiger partial charge in [-0.05, 0) is 0 Å². The zero-order valence-corrected chi connectivity index (χ0v) is 45.3. The van der Waals surface area contributed by atoms with Crippen LogP contribution in [0.25, 0.3) is 0 Å². The summed E-state index contributed by atoms with van der Waals surface area (Å²) in [7, 11) is 0. The third-order valence-electron chi connectivity index (χ3n) is 16.0. The Morgan fingerprint density at radius 2 is 0.0469 bits per heavy atom. The first kappa shape index (κ1) is 62.0. The Morgan fingerprint density at radius 1 is 0.0312 bits per heavy atom. The monoisotopic (exact) mass is 897 g/mol. The predicted octanol–water partition coefficient (Wildman–Crippen LogP) is 25.0. The van der Waals surface area contributed by atoms with Gasteiger partial charge in [-0.2, -0.15) is 0 Å². The molecule has 0 spiro atoms. The smallest absolute Gasteiger partial charge is 0.0533 e. The fraction of sp³-hybridized carbons (Fsp3) is 1.00. The van der Waals surface area contributed by atoms with Crippen LogP contribution in [-0.2, 0) is 0 Å². The molecule has 0 nitrogen and oxygen atoms in total. The van der Waals surface area contributed by atoms with Gasteiger partial charge in [-0.1, -0.05) is 411 Å². The number of rotatable bonds is 0. The normalized spacial score (nSPS) is 24.0. The maximum atomic E-state index is 1.50. The Morgan fingerprint density at radius 3 is 0.0469 bits per heavy atom. The van der Waals surface area contributed by atoms with Gasteiger partial charge in [0.05, 0.1) is 0 Å². The molecule has 0 unspecified atom stereocenters. The second-order valence-corrected chi connectivity index (χ2v) is 22.6. The Kier molecular flexibility index (Phi) is 57.3. The second kappa shape index (κ2) is 59.1. The van der Waals surface area contributed by atoms with Crippen LogP contribution >= 0.6 is 0 Å². The third kappa shape index (κ3) is 56.3. The minimum absolute atomic E-state index is 1.50. The summed E-state index contributed by atoms with van der Waals surface area (Å²) in [4.78, 5) is 0. The van der Waals surface area contributed by atoms with E-state index in [4.69, 9.17) is 0 Å². The molecule has 64 heavy (non-hydrogen) atoms. The standard InChI is InChI=1S/16C4H8/c16*1-2-4-3-1/h16*1-4H2. The minimum Gasteiger partial charge on any atom is -0.0533 e. The van der Waals surface area contributed by atoms with Gasteiger partial charge in [0.2, 0.25) is 0 Å². The summed E-state index contributed by atoms with van der Waals surface area (Å²) < 4.78 is 0. The summed E-state index contributed by atoms with van der Waals surface area (Å²) in [6.45, 7) is 0. The molecular formula is C64H128. The van der Waals surface area contributed by atoms with Gasteiger partial charge in [0.1, 0.15) is 0 Å². The van der Waals surface area contributed by atoms with Crippen LogP contribution in [0.1, 0.15) is 411 Å². The quantitative estimate of drug-likeness (QED) is 0.227. The first-order valence-corrected chi connectivity index (χ1v) is 32.0. The van der Waals surface area contributed by atoms with E-state index in [0.29, 0.717) is 0 Å². The van der Waals surface area contributed by atoms with E-state index >= 15 is 0 Å². The molecule has 16 fully saturated rings. The molecule has 0 bridgehead atoms. The fourth-order valence-electron chi connectivity index (χ4n) is 4.00. The topological polar surface area (TPSA) is 0 Å². The lowest BCUT2D eigenvalue weighted by Gasteiger charge is -2.05. The van der Waals surface area contributed by atoms with Crippen LogP contribution in [0.5, 0.6) is 0 Å². The van der Waals surface area contributed by atoms with Gasteiger partial charge in [-0.3, -0.25) is 0 Å². The van der Waals surface area contributed by atoms with Crippen LogP contribution < -0.4 is 0 Å². The van der Waals surface area contributed by atoms with Crippen molar-refractivity contribution in [3.8, 4) is 0 Å². The Labute approximate surface area is 409 Å². The molecule has 384 valence electrons. The number of hydrogen-bond acceptors (Lipinski definition) is 0. The van der Waals surface area contributed by atoms with Crippen LogP contribution in [0.2, 0.25) is 0 Å². The Bertz CT molecular complexity index is 384. The van der Waals surface area contributed by atoms with Crippen LogP contribution in [0.15, 0.2) is 0 Å². The SMILES string of the molecule is C1CCC1.C1CCC1.C1CCC1.C1CCC1.C1CCC1.C1CCC1.C1CCC1.C1CCC1.C1CCC1.C1CCC1.C1CCC1.C1CCC1.C1CCC1.C1CCC1.C1CCC1.C1CCC1. The zero-order valence-electron chi connectivity index (χ0n) is 45.3. The van der Waals surface area contributed by atoms with Crippen molar-refractivity contribution in [1.82, 2.24) is 0 Å². The van der Waals surface area contributed by atoms with E-state index in [9.17, 15) is 0 Å². The van der Waals surface area contributed by atoms with Gasteiger partial charge in [0.25, 0.3) is 0 Å². The Hall–Kier alpha value is 0. The molecular weight excluding hydrogens is 769 g/mol. The van der Waals surface area contributed by atoms with E-state index in [-0.39, 0.29) is 0 Å². The van der Waals surface area contributed by atoms with Crippen molar-refractivity contribution < 1.29 is 0 Å². The van der Waals surface area contributed by atoms with E-state index in [0.717, 1.165) is 0 Å². The third-order valence-corrected chi connectivity index (χ3v) is 16.0. The maximum Gasteiger partial charge on any atom is -0.0533 e. The molecule has 0 N–H and O–H groups in total. The molecule has 16 aliphatic rings. The highest BCUT2D eigenvalue weighted by atomic mass is 14.1. The summed E-state index contributed by atoms with van der Waals surface area (Å²) in [5.41, 5.74) is 0. The van der Waals surface area contributed by atoms with Crippen LogP contribution in [0.3, 0.4) is 0 Å². The maximum absolute atomic E-state index is 1.50. The van der Waals surface area contributed by atoms with Crippen molar-refractivity contribution in [2.24, 2.45) is 0 Å². The molecule has 0 heteroatoms. The van der Waals surface area contributed by atoms with Crippen molar-refractivity contribution in [1.29, 1.82) is 0 Å². The molecule has 16 aliphatic carbocycles. The summed E-state index contributed by atoms with van der Waals surface area (Å²) in [6.07, 6.45) is 96.0. The fourth-order valence-corrected chi connectivity index (χ4v) is 4.00. The molecule has 0 radical (unpaired) electrons. The summed E-state index contributed by atoms with van der Waals surface area (Å²) in [6, 6.07) is 0. The highest BCUT2D eigenvalue weighted by molar-refractivity contribution is 4.56. The lowest BCUT2D eigenvalue weighted by molar-refractivity contribution is 0.504. The lowest BCUT2D eigenvalue weighted by Crippen LogP contribution is -1.85. The first-order valence-electron chi connectivity index (χ1n) is 32.0. The van der Waals surface area contributed by atoms with E-state index in [1.165, 1.54) is 411 Å². The second-order valence-electron chi connectivity index (χ2n) is 22.6. The minimum atomic E-state index is 1.50. The molecule has 16 rings (SSSR count). The summed E-state index contributed by atoms with van der Waals surface area (Å²) in [5.74, 6) is 0. The van der Waals surface area contributed by atoms with Crippen molar-refractivity contribution >= 4 is 0 Å². The van der Waals surface area contributed by atoms with Gasteiger partial charge in [0.15, 0.2) is 0 Å². The lowest BCUT2D eigenvalue weighted by atomic mass is 10.0. The molecule has 0 saturated heterocycles. The molecule has 0 aromatic carbocycles. The van der Waals surface area contributed by atoms with Gasteiger partial charge in [0, 0.05) is 0 Å². The molecule has 0 heterocycles. The summed E-state index contributed by atoms with van der Waals surface area (Å²) >= 11 is 0. The molecule has 0 atom stereocenters. The van der Waals surface area contributed by atoms with E-state index in [2.05, 4.69) is 0 Å². The van der Waals surface area contributed by atoms with E-state index in [1.807, 2.05) is 0 Å². The highest BCUT2D eigenvalue weighted by Gasteiger charge is 2.01. The molecule has 0 aromatic heterocycles. The molecule has 0 amide bonds. The first-order chi connectivity index (χ1) is 32.0. The Balaban J connectivity index is 0.000000341. The number of hydrogen-bond donors (Lipinski definition) is 0. The molecule has 0 aromatic rings. The summed E-state index contributed by atoms with van der Waals surface area (Å²) in [5, 5.41) is 0. The molecule has 16 saturated carbocycles. The van der Waals surface area contributed by atoms with E-state index in [1.54, 1.807) is 0 Å². The van der Waals surface area contributed by atoms with Crippen molar-refractivity contribution in [3.63, 3.8) is 0 Å². The van der Waals surface area contributed by atoms with Crippen LogP contribution in [0, 0.1) is 0 Å². The predicted molar refractivity (Wildman–Crippen MR) is 295 cm³/mol. The van der Waals surface area contributed by atoms with Crippen molar-refractivity contribution in [3.05, 3.63) is 0 Å². The van der Waals surface area contributed by atoms with E-state index < -0.39 is 0 Å². The van der Waals surface area contributed by atoms with Crippen LogP contribution in [0.4, 0.5) is 0 Å².